The zero-order valence-corrected chi connectivity index (χ0v) is 11.1. The van der Waals surface area contributed by atoms with E-state index in [1.807, 2.05) is 0 Å². The molecule has 0 radical (unpaired) electrons. The van der Waals surface area contributed by atoms with Crippen LogP contribution in [0, 0.1) is 0 Å². The third-order valence-corrected chi connectivity index (χ3v) is 3.86. The summed E-state index contributed by atoms with van der Waals surface area (Å²) in [6, 6.07) is 4.60. The van der Waals surface area contributed by atoms with Gasteiger partial charge in [-0.05, 0) is 23.8 Å². The second kappa shape index (κ2) is 4.35. The molecule has 1 rings (SSSR count). The van der Waals surface area contributed by atoms with E-state index in [2.05, 4.69) is 0 Å². The van der Waals surface area contributed by atoms with Gasteiger partial charge in [0.1, 0.15) is 0 Å². The van der Waals surface area contributed by atoms with Gasteiger partial charge >= 0.3 is 0 Å². The van der Waals surface area contributed by atoms with Gasteiger partial charge in [-0.3, -0.25) is 0 Å². The molecule has 0 aliphatic carbocycles. The van der Waals surface area contributed by atoms with Crippen LogP contribution in [0.5, 0.6) is 0 Å². The number of benzene rings is 1. The number of hydrogen-bond acceptors (Lipinski definition) is 3. The van der Waals surface area contributed by atoms with E-state index in [1.165, 1.54) is 12.1 Å². The van der Waals surface area contributed by atoms with Gasteiger partial charge in [-0.1, -0.05) is 25.4 Å². The van der Waals surface area contributed by atoms with E-state index >= 15 is 0 Å². The van der Waals surface area contributed by atoms with Crippen LogP contribution >= 0.6 is 11.6 Å². The predicted octanol–water partition coefficient (Wildman–Crippen LogP) is 2.01. The summed E-state index contributed by atoms with van der Waals surface area (Å²) in [6.45, 7) is 3.40. The minimum absolute atomic E-state index is 0.143. The van der Waals surface area contributed by atoms with Crippen molar-refractivity contribution in [2.75, 3.05) is 12.9 Å². The van der Waals surface area contributed by atoms with E-state index in [0.29, 0.717) is 10.6 Å². The van der Waals surface area contributed by atoms with E-state index in [1.54, 1.807) is 19.9 Å². The van der Waals surface area contributed by atoms with Crippen molar-refractivity contribution in [2.45, 2.75) is 24.2 Å². The Labute approximate surface area is 101 Å². The highest BCUT2D eigenvalue weighted by Gasteiger charge is 2.26. The van der Waals surface area contributed by atoms with Crippen LogP contribution in [0.4, 0.5) is 0 Å². The first-order chi connectivity index (χ1) is 7.18. The molecule has 0 bridgehead atoms. The van der Waals surface area contributed by atoms with Crippen molar-refractivity contribution in [2.24, 2.45) is 0 Å². The number of hydrogen-bond donors (Lipinski definition) is 1. The van der Waals surface area contributed by atoms with Crippen LogP contribution in [-0.2, 0) is 15.3 Å². The number of rotatable bonds is 3. The minimum atomic E-state index is -3.31. The smallest absolute Gasteiger partial charge is 0.175 e. The second-order valence-corrected chi connectivity index (χ2v) is 6.88. The van der Waals surface area contributed by atoms with Crippen LogP contribution in [0.15, 0.2) is 23.1 Å². The average molecular weight is 263 g/mol. The topological polar surface area (TPSA) is 54.4 Å². The molecule has 1 aromatic carbocycles. The molecule has 1 aromatic rings. The summed E-state index contributed by atoms with van der Waals surface area (Å²) in [6.07, 6.45) is 1.15. The molecule has 16 heavy (non-hydrogen) atoms. The van der Waals surface area contributed by atoms with Gasteiger partial charge in [-0.2, -0.15) is 0 Å². The molecule has 1 N–H and O–H groups in total. The maximum atomic E-state index is 11.6. The van der Waals surface area contributed by atoms with E-state index in [4.69, 9.17) is 11.6 Å². The first kappa shape index (κ1) is 13.5. The number of sulfone groups is 1. The first-order valence-corrected chi connectivity index (χ1v) is 7.06. The van der Waals surface area contributed by atoms with Crippen molar-refractivity contribution in [3.8, 4) is 0 Å². The van der Waals surface area contributed by atoms with Crippen LogP contribution < -0.4 is 0 Å². The lowest BCUT2D eigenvalue weighted by Crippen LogP contribution is -2.24. The van der Waals surface area contributed by atoms with Crippen LogP contribution in [0.2, 0.25) is 5.02 Å². The Morgan fingerprint density at radius 1 is 1.38 bits per heavy atom. The van der Waals surface area contributed by atoms with Crippen molar-refractivity contribution in [3.63, 3.8) is 0 Å². The molecule has 0 fully saturated rings. The van der Waals surface area contributed by atoms with E-state index in [0.717, 1.165) is 6.26 Å². The summed E-state index contributed by atoms with van der Waals surface area (Å²) in [7, 11) is -3.31. The molecule has 0 atom stereocenters. The summed E-state index contributed by atoms with van der Waals surface area (Å²) in [4.78, 5) is 0.218. The van der Waals surface area contributed by atoms with Gasteiger partial charge in [-0.25, -0.2) is 8.42 Å². The summed E-state index contributed by atoms with van der Waals surface area (Å²) in [5, 5.41) is 9.75. The fourth-order valence-electron chi connectivity index (χ4n) is 1.44. The highest BCUT2D eigenvalue weighted by molar-refractivity contribution is 7.90. The van der Waals surface area contributed by atoms with E-state index in [9.17, 15) is 13.5 Å². The Balaban J connectivity index is 3.54. The Kier molecular flexibility index (Phi) is 3.67. The van der Waals surface area contributed by atoms with Crippen molar-refractivity contribution in [1.29, 1.82) is 0 Å². The predicted molar refractivity (Wildman–Crippen MR) is 64.7 cm³/mol. The SMILES string of the molecule is CC(C)(CO)c1cc(Cl)ccc1S(C)(=O)=O. The lowest BCUT2D eigenvalue weighted by atomic mass is 9.85. The molecular weight excluding hydrogens is 248 g/mol. The van der Waals surface area contributed by atoms with Crippen LogP contribution in [0.1, 0.15) is 19.4 Å². The number of aliphatic hydroxyl groups is 1. The first-order valence-electron chi connectivity index (χ1n) is 4.79. The summed E-state index contributed by atoms with van der Waals surface area (Å²) in [5.74, 6) is 0. The number of halogens is 1. The molecule has 0 aromatic heterocycles. The molecule has 0 saturated carbocycles. The van der Waals surface area contributed by atoms with Crippen molar-refractivity contribution in [1.82, 2.24) is 0 Å². The third-order valence-electron chi connectivity index (χ3n) is 2.47. The standard InChI is InChI=1S/C11H15ClO3S/c1-11(2,7-13)9-6-8(12)4-5-10(9)16(3,14)15/h4-6,13H,7H2,1-3H3. The molecule has 0 saturated heterocycles. The normalized spacial score (nSPS) is 12.8. The fourth-order valence-corrected chi connectivity index (χ4v) is 2.66. The van der Waals surface area contributed by atoms with E-state index in [-0.39, 0.29) is 11.5 Å². The molecule has 0 aliphatic rings. The average Bonchev–Trinajstić information content (AvgIpc) is 2.15. The zero-order chi connectivity index (χ0) is 12.6. The Hall–Kier alpha value is -0.580. The van der Waals surface area contributed by atoms with Gasteiger partial charge in [0.15, 0.2) is 9.84 Å². The quantitative estimate of drug-likeness (QED) is 0.907. The molecule has 0 heterocycles. The minimum Gasteiger partial charge on any atom is -0.395 e. The molecule has 0 aliphatic heterocycles. The summed E-state index contributed by atoms with van der Waals surface area (Å²) in [5.41, 5.74) is -0.0893. The molecular formula is C11H15ClO3S. The molecule has 0 spiro atoms. The molecule has 0 unspecified atom stereocenters. The highest BCUT2D eigenvalue weighted by atomic mass is 35.5. The van der Waals surface area contributed by atoms with Gasteiger partial charge in [-0.15, -0.1) is 0 Å². The van der Waals surface area contributed by atoms with Crippen LogP contribution in [0.3, 0.4) is 0 Å². The van der Waals surface area contributed by atoms with Gasteiger partial charge < -0.3 is 5.11 Å². The van der Waals surface area contributed by atoms with Crippen LogP contribution in [-0.4, -0.2) is 26.4 Å². The van der Waals surface area contributed by atoms with Gasteiger partial charge in [0.25, 0.3) is 0 Å². The Bertz CT molecular complexity index is 492. The highest BCUT2D eigenvalue weighted by Crippen LogP contribution is 2.31. The summed E-state index contributed by atoms with van der Waals surface area (Å²) >= 11 is 5.85. The largest absolute Gasteiger partial charge is 0.395 e. The van der Waals surface area contributed by atoms with E-state index < -0.39 is 15.3 Å². The van der Waals surface area contributed by atoms with Gasteiger partial charge in [0.2, 0.25) is 0 Å². The molecule has 3 nitrogen and oxygen atoms in total. The monoisotopic (exact) mass is 262 g/mol. The van der Waals surface area contributed by atoms with Crippen molar-refractivity contribution < 1.29 is 13.5 Å². The maximum Gasteiger partial charge on any atom is 0.175 e. The Morgan fingerprint density at radius 3 is 2.38 bits per heavy atom. The van der Waals surface area contributed by atoms with Crippen molar-refractivity contribution in [3.05, 3.63) is 28.8 Å². The van der Waals surface area contributed by atoms with Crippen molar-refractivity contribution >= 4 is 21.4 Å². The van der Waals surface area contributed by atoms with Gasteiger partial charge in [0, 0.05) is 16.7 Å². The van der Waals surface area contributed by atoms with Crippen LogP contribution in [0.25, 0.3) is 0 Å². The second-order valence-electron chi connectivity index (χ2n) is 4.45. The zero-order valence-electron chi connectivity index (χ0n) is 9.49. The fraction of sp³-hybridized carbons (Fsp3) is 0.455. The lowest BCUT2D eigenvalue weighted by molar-refractivity contribution is 0.216. The Morgan fingerprint density at radius 2 is 1.94 bits per heavy atom. The molecule has 90 valence electrons. The molecule has 5 heteroatoms. The lowest BCUT2D eigenvalue weighted by Gasteiger charge is -2.24. The third kappa shape index (κ3) is 2.75. The summed E-state index contributed by atoms with van der Waals surface area (Å²) < 4.78 is 23.2. The molecule has 0 amide bonds. The van der Waals surface area contributed by atoms with Gasteiger partial charge in [0.05, 0.1) is 11.5 Å². The maximum absolute atomic E-state index is 11.6. The number of aliphatic hydroxyl groups excluding tert-OH is 1.